The van der Waals surface area contributed by atoms with Gasteiger partial charge < -0.3 is 15.7 Å². The standard InChI is InChI=1S/C16H23N5O2S/c1-4-17-16-19-9(2)14(24-16)15(23)20-13(10-5-12(22)6-10)11-7-18-21(3)8-11/h7-8,10,12-13,22H,4-6H2,1-3H3,(H,17,19)(H,20,23)/t10?,12?,13-/m0/s1. The van der Waals surface area contributed by atoms with Crippen LogP contribution in [0.15, 0.2) is 12.4 Å². The molecule has 2 aromatic heterocycles. The van der Waals surface area contributed by atoms with Crippen LogP contribution in [-0.4, -0.2) is 38.4 Å². The monoisotopic (exact) mass is 349 g/mol. The number of nitrogens with one attached hydrogen (secondary N) is 2. The van der Waals surface area contributed by atoms with Crippen LogP contribution < -0.4 is 10.6 Å². The lowest BCUT2D eigenvalue weighted by molar-refractivity contribution is 0.0235. The summed E-state index contributed by atoms with van der Waals surface area (Å²) in [6, 6.07) is -0.140. The molecule has 2 aromatic rings. The molecule has 3 N–H and O–H groups in total. The van der Waals surface area contributed by atoms with Gasteiger partial charge in [0.2, 0.25) is 0 Å². The van der Waals surface area contributed by atoms with Crippen molar-refractivity contribution in [2.24, 2.45) is 13.0 Å². The van der Waals surface area contributed by atoms with Crippen molar-refractivity contribution in [1.29, 1.82) is 0 Å². The fourth-order valence-corrected chi connectivity index (χ4v) is 3.95. The van der Waals surface area contributed by atoms with Gasteiger partial charge >= 0.3 is 0 Å². The molecule has 1 aliphatic carbocycles. The molecule has 1 amide bonds. The molecular weight excluding hydrogens is 326 g/mol. The van der Waals surface area contributed by atoms with Gasteiger partial charge in [0.15, 0.2) is 5.13 Å². The van der Waals surface area contributed by atoms with E-state index in [4.69, 9.17) is 0 Å². The van der Waals surface area contributed by atoms with Crippen LogP contribution in [-0.2, 0) is 7.05 Å². The number of aromatic nitrogens is 3. The van der Waals surface area contributed by atoms with Crippen LogP contribution >= 0.6 is 11.3 Å². The van der Waals surface area contributed by atoms with Gasteiger partial charge in [0, 0.05) is 25.4 Å². The molecule has 7 nitrogen and oxygen atoms in total. The summed E-state index contributed by atoms with van der Waals surface area (Å²) in [6.07, 6.45) is 4.82. The smallest absolute Gasteiger partial charge is 0.263 e. The van der Waals surface area contributed by atoms with Crippen molar-refractivity contribution in [3.63, 3.8) is 0 Å². The highest BCUT2D eigenvalue weighted by atomic mass is 32.1. The van der Waals surface area contributed by atoms with Gasteiger partial charge in [0.1, 0.15) is 4.88 Å². The minimum Gasteiger partial charge on any atom is -0.393 e. The number of hydrogen-bond donors (Lipinski definition) is 3. The third kappa shape index (κ3) is 3.44. The second-order valence-electron chi connectivity index (χ2n) is 6.25. The van der Waals surface area contributed by atoms with Gasteiger partial charge in [-0.3, -0.25) is 9.48 Å². The summed E-state index contributed by atoms with van der Waals surface area (Å²) in [5.41, 5.74) is 1.70. The molecule has 0 saturated heterocycles. The van der Waals surface area contributed by atoms with E-state index in [2.05, 4.69) is 20.7 Å². The van der Waals surface area contributed by atoms with Crippen molar-refractivity contribution < 1.29 is 9.90 Å². The molecule has 1 aliphatic rings. The van der Waals surface area contributed by atoms with E-state index in [1.165, 1.54) is 11.3 Å². The quantitative estimate of drug-likeness (QED) is 0.740. The van der Waals surface area contributed by atoms with Crippen LogP contribution in [0.1, 0.15) is 46.7 Å². The number of nitrogens with zero attached hydrogens (tertiary/aromatic N) is 3. The maximum absolute atomic E-state index is 12.7. The minimum atomic E-state index is -0.267. The summed E-state index contributed by atoms with van der Waals surface area (Å²) in [7, 11) is 1.86. The van der Waals surface area contributed by atoms with Gasteiger partial charge in [0.25, 0.3) is 5.91 Å². The lowest BCUT2D eigenvalue weighted by Crippen LogP contribution is -2.41. The Hall–Kier alpha value is -1.93. The second-order valence-corrected chi connectivity index (χ2v) is 7.25. The zero-order valence-corrected chi connectivity index (χ0v) is 14.9. The minimum absolute atomic E-state index is 0.121. The van der Waals surface area contributed by atoms with Crippen LogP contribution in [0.2, 0.25) is 0 Å². The van der Waals surface area contributed by atoms with Crippen LogP contribution in [0.25, 0.3) is 0 Å². The van der Waals surface area contributed by atoms with Crippen molar-refractivity contribution in [2.75, 3.05) is 11.9 Å². The van der Waals surface area contributed by atoms with E-state index in [0.717, 1.165) is 22.9 Å². The first kappa shape index (κ1) is 16.9. The van der Waals surface area contributed by atoms with Crippen LogP contribution in [0.5, 0.6) is 0 Å². The number of carbonyl (C=O) groups excluding carboxylic acids is 1. The molecule has 1 atom stereocenters. The Morgan fingerprint density at radius 3 is 2.88 bits per heavy atom. The van der Waals surface area contributed by atoms with E-state index < -0.39 is 0 Å². The first-order valence-electron chi connectivity index (χ1n) is 8.16. The first-order chi connectivity index (χ1) is 11.5. The van der Waals surface area contributed by atoms with E-state index in [1.807, 2.05) is 27.1 Å². The fraction of sp³-hybridized carbons (Fsp3) is 0.562. The number of carbonyl (C=O) groups is 1. The van der Waals surface area contributed by atoms with Crippen LogP contribution in [0.4, 0.5) is 5.13 Å². The van der Waals surface area contributed by atoms with E-state index >= 15 is 0 Å². The molecule has 0 bridgehead atoms. The Balaban J connectivity index is 1.78. The highest BCUT2D eigenvalue weighted by Crippen LogP contribution is 2.38. The Morgan fingerprint density at radius 1 is 1.54 bits per heavy atom. The largest absolute Gasteiger partial charge is 0.393 e. The number of aliphatic hydroxyl groups excluding tert-OH is 1. The lowest BCUT2D eigenvalue weighted by Gasteiger charge is -2.37. The van der Waals surface area contributed by atoms with E-state index in [9.17, 15) is 9.90 Å². The first-order valence-corrected chi connectivity index (χ1v) is 8.98. The summed E-state index contributed by atoms with van der Waals surface area (Å²) in [6.45, 7) is 4.61. The summed E-state index contributed by atoms with van der Waals surface area (Å²) in [4.78, 5) is 17.8. The fourth-order valence-electron chi connectivity index (χ4n) is 3.02. The molecule has 130 valence electrons. The van der Waals surface area contributed by atoms with Crippen LogP contribution in [0.3, 0.4) is 0 Å². The molecule has 24 heavy (non-hydrogen) atoms. The maximum Gasteiger partial charge on any atom is 0.263 e. The molecule has 0 aromatic carbocycles. The Kier molecular flexibility index (Phi) is 4.86. The highest BCUT2D eigenvalue weighted by Gasteiger charge is 2.36. The SMILES string of the molecule is CCNc1nc(C)c(C(=O)N[C@H](c2cnn(C)c2)C2CC(O)C2)s1. The van der Waals surface area contributed by atoms with Gasteiger partial charge in [-0.2, -0.15) is 5.10 Å². The molecular formula is C16H23N5O2S. The van der Waals surface area contributed by atoms with Gasteiger partial charge in [-0.25, -0.2) is 4.98 Å². The topological polar surface area (TPSA) is 92.1 Å². The molecule has 0 radical (unpaired) electrons. The van der Waals surface area contributed by atoms with Gasteiger partial charge in [-0.05, 0) is 32.6 Å². The average Bonchev–Trinajstić information content (AvgIpc) is 3.08. The normalized spacial score (nSPS) is 21.2. The van der Waals surface area contributed by atoms with Crippen molar-refractivity contribution in [3.8, 4) is 0 Å². The van der Waals surface area contributed by atoms with Gasteiger partial charge in [-0.1, -0.05) is 11.3 Å². The summed E-state index contributed by atoms with van der Waals surface area (Å²) in [5.74, 6) is 0.110. The number of anilines is 1. The Bertz CT molecular complexity index is 720. The number of amides is 1. The Morgan fingerprint density at radius 2 is 2.29 bits per heavy atom. The molecule has 3 rings (SSSR count). The zero-order valence-electron chi connectivity index (χ0n) is 14.1. The Labute approximate surface area is 145 Å². The third-order valence-electron chi connectivity index (χ3n) is 4.32. The number of rotatable bonds is 6. The van der Waals surface area contributed by atoms with Gasteiger partial charge in [0.05, 0.1) is 24.0 Å². The molecule has 0 unspecified atom stereocenters. The number of aryl methyl sites for hydroxylation is 2. The number of hydrogen-bond acceptors (Lipinski definition) is 6. The number of thiazole rings is 1. The summed E-state index contributed by atoms with van der Waals surface area (Å²) < 4.78 is 1.73. The zero-order chi connectivity index (χ0) is 17.3. The second kappa shape index (κ2) is 6.90. The predicted octanol–water partition coefficient (Wildman–Crippen LogP) is 1.86. The molecule has 1 saturated carbocycles. The average molecular weight is 349 g/mol. The molecule has 0 spiro atoms. The summed E-state index contributed by atoms with van der Waals surface area (Å²) >= 11 is 1.37. The molecule has 1 fully saturated rings. The van der Waals surface area contributed by atoms with E-state index in [0.29, 0.717) is 17.7 Å². The van der Waals surface area contributed by atoms with Crippen molar-refractivity contribution in [1.82, 2.24) is 20.1 Å². The molecule has 0 aliphatic heterocycles. The van der Waals surface area contributed by atoms with Gasteiger partial charge in [-0.15, -0.1) is 0 Å². The van der Waals surface area contributed by atoms with E-state index in [1.54, 1.807) is 10.9 Å². The van der Waals surface area contributed by atoms with Crippen molar-refractivity contribution in [3.05, 3.63) is 28.5 Å². The number of aliphatic hydroxyl groups is 1. The van der Waals surface area contributed by atoms with Crippen LogP contribution in [0, 0.1) is 12.8 Å². The highest BCUT2D eigenvalue weighted by molar-refractivity contribution is 7.17. The summed E-state index contributed by atoms with van der Waals surface area (Å²) in [5, 5.41) is 20.9. The van der Waals surface area contributed by atoms with Crippen molar-refractivity contribution >= 4 is 22.4 Å². The van der Waals surface area contributed by atoms with E-state index in [-0.39, 0.29) is 24.0 Å². The molecule has 2 heterocycles. The lowest BCUT2D eigenvalue weighted by atomic mass is 9.75. The third-order valence-corrected chi connectivity index (χ3v) is 5.44. The predicted molar refractivity (Wildman–Crippen MR) is 93.2 cm³/mol. The van der Waals surface area contributed by atoms with Crippen molar-refractivity contribution in [2.45, 2.75) is 38.8 Å². The molecule has 8 heteroatoms. The maximum atomic E-state index is 12.7.